The summed E-state index contributed by atoms with van der Waals surface area (Å²) < 4.78 is 6.00. The van der Waals surface area contributed by atoms with Gasteiger partial charge < -0.3 is 15.4 Å². The molecule has 23 heavy (non-hydrogen) atoms. The van der Waals surface area contributed by atoms with Crippen molar-refractivity contribution in [2.24, 2.45) is 0 Å². The zero-order chi connectivity index (χ0) is 17.5. The smallest absolute Gasteiger partial charge is 0.407 e. The first-order valence-electron chi connectivity index (χ1n) is 7.70. The molecule has 0 atom stereocenters. The van der Waals surface area contributed by atoms with Gasteiger partial charge in [0.1, 0.15) is 5.60 Å². The summed E-state index contributed by atoms with van der Waals surface area (Å²) in [7, 11) is 0. The Balaban J connectivity index is 2.22. The molecule has 0 spiro atoms. The lowest BCUT2D eigenvalue weighted by atomic mass is 10.2. The van der Waals surface area contributed by atoms with Gasteiger partial charge in [0.25, 0.3) is 0 Å². The van der Waals surface area contributed by atoms with Crippen molar-refractivity contribution in [2.75, 3.05) is 11.9 Å². The Labute approximate surface area is 146 Å². The highest BCUT2D eigenvalue weighted by Crippen LogP contribution is 2.23. The molecule has 0 fully saturated rings. The lowest BCUT2D eigenvalue weighted by Gasteiger charge is -2.19. The first-order chi connectivity index (χ1) is 10.7. The number of benzene rings is 1. The van der Waals surface area contributed by atoms with Crippen LogP contribution in [0.3, 0.4) is 0 Å². The number of unbranched alkanes of at least 4 members (excludes halogenated alkanes) is 1. The van der Waals surface area contributed by atoms with Gasteiger partial charge in [-0.1, -0.05) is 6.07 Å². The number of nitrogens with one attached hydrogen (secondary N) is 2. The van der Waals surface area contributed by atoms with E-state index < -0.39 is 11.7 Å². The molecule has 0 bridgehead atoms. The van der Waals surface area contributed by atoms with E-state index in [0.717, 1.165) is 22.1 Å². The van der Waals surface area contributed by atoms with Crippen LogP contribution in [0.5, 0.6) is 0 Å². The van der Waals surface area contributed by atoms with E-state index in [1.165, 1.54) is 0 Å². The molecule has 0 unspecified atom stereocenters. The molecule has 0 radical (unpaired) electrons. The maximum absolute atomic E-state index is 11.9. The Hall–Kier alpha value is -1.56. The number of anilines is 1. The molecule has 128 valence electrons. The van der Waals surface area contributed by atoms with Crippen molar-refractivity contribution in [1.29, 1.82) is 0 Å². The van der Waals surface area contributed by atoms with Crippen LogP contribution in [0.4, 0.5) is 10.5 Å². The van der Waals surface area contributed by atoms with Crippen molar-refractivity contribution in [2.45, 2.75) is 52.6 Å². The van der Waals surface area contributed by atoms with Crippen molar-refractivity contribution >= 4 is 33.6 Å². The fourth-order valence-corrected chi connectivity index (χ4v) is 2.21. The molecule has 0 aliphatic carbocycles. The van der Waals surface area contributed by atoms with E-state index in [9.17, 15) is 9.59 Å². The van der Waals surface area contributed by atoms with Gasteiger partial charge in [0.2, 0.25) is 5.91 Å². The van der Waals surface area contributed by atoms with Crippen LogP contribution in [-0.4, -0.2) is 24.1 Å². The highest BCUT2D eigenvalue weighted by Gasteiger charge is 2.15. The Morgan fingerprint density at radius 3 is 2.57 bits per heavy atom. The predicted molar refractivity (Wildman–Crippen MR) is 95.6 cm³/mol. The first kappa shape index (κ1) is 19.5. The van der Waals surface area contributed by atoms with E-state index in [2.05, 4.69) is 26.6 Å². The van der Waals surface area contributed by atoms with Gasteiger partial charge in [-0.15, -0.1) is 0 Å². The summed E-state index contributed by atoms with van der Waals surface area (Å²) in [5.41, 5.74) is 1.37. The Morgan fingerprint density at radius 1 is 1.22 bits per heavy atom. The van der Waals surface area contributed by atoms with Gasteiger partial charge >= 0.3 is 6.09 Å². The van der Waals surface area contributed by atoms with Gasteiger partial charge in [-0.2, -0.15) is 0 Å². The second-order valence-corrected chi connectivity index (χ2v) is 7.27. The number of ether oxygens (including phenoxy) is 1. The summed E-state index contributed by atoms with van der Waals surface area (Å²) in [4.78, 5) is 23.4. The van der Waals surface area contributed by atoms with Crippen molar-refractivity contribution in [1.82, 2.24) is 5.32 Å². The quantitative estimate of drug-likeness (QED) is 0.714. The summed E-state index contributed by atoms with van der Waals surface area (Å²) in [5, 5.41) is 5.56. The average molecular weight is 385 g/mol. The van der Waals surface area contributed by atoms with Gasteiger partial charge in [0.15, 0.2) is 0 Å². The standard InChI is InChI=1S/C17H25BrN2O3/c1-12-8-9-13(18)14(11-12)20-15(21)7-5-6-10-19-16(22)23-17(2,3)4/h8-9,11H,5-7,10H2,1-4H3,(H,19,22)(H,20,21). The predicted octanol–water partition coefficient (Wildman–Crippen LogP) is 4.39. The maximum Gasteiger partial charge on any atom is 0.407 e. The number of hydrogen-bond donors (Lipinski definition) is 2. The van der Waals surface area contributed by atoms with Gasteiger partial charge in [-0.3, -0.25) is 4.79 Å². The molecule has 2 N–H and O–H groups in total. The average Bonchev–Trinajstić information content (AvgIpc) is 2.40. The molecule has 0 heterocycles. The number of rotatable bonds is 6. The van der Waals surface area contributed by atoms with Gasteiger partial charge in [0, 0.05) is 17.4 Å². The number of carbonyl (C=O) groups is 2. The Morgan fingerprint density at radius 2 is 1.91 bits per heavy atom. The third-order valence-corrected chi connectivity index (χ3v) is 3.59. The first-order valence-corrected chi connectivity index (χ1v) is 8.49. The molecule has 1 rings (SSSR count). The molecule has 0 aliphatic rings. The molecule has 0 aromatic heterocycles. The highest BCUT2D eigenvalue weighted by atomic mass is 79.9. The number of hydrogen-bond acceptors (Lipinski definition) is 3. The van der Waals surface area contributed by atoms with E-state index >= 15 is 0 Å². The Bertz CT molecular complexity index is 553. The molecule has 0 aliphatic heterocycles. The number of aryl methyl sites for hydroxylation is 1. The topological polar surface area (TPSA) is 67.4 Å². The van der Waals surface area contributed by atoms with Crippen LogP contribution in [-0.2, 0) is 9.53 Å². The molecule has 2 amide bonds. The molecule has 0 saturated heterocycles. The summed E-state index contributed by atoms with van der Waals surface area (Å²) in [6, 6.07) is 5.81. The summed E-state index contributed by atoms with van der Waals surface area (Å²) >= 11 is 3.42. The molecular formula is C17H25BrN2O3. The van der Waals surface area contributed by atoms with Crippen LogP contribution in [0.2, 0.25) is 0 Å². The number of halogens is 1. The van der Waals surface area contributed by atoms with Crippen LogP contribution in [0.25, 0.3) is 0 Å². The molecule has 1 aromatic rings. The zero-order valence-corrected chi connectivity index (χ0v) is 15.7. The molecular weight excluding hydrogens is 360 g/mol. The van der Waals surface area contributed by atoms with Crippen molar-refractivity contribution in [3.63, 3.8) is 0 Å². The largest absolute Gasteiger partial charge is 0.444 e. The number of amides is 2. The van der Waals surface area contributed by atoms with Gasteiger partial charge in [-0.25, -0.2) is 4.79 Å². The van der Waals surface area contributed by atoms with E-state index in [1.54, 1.807) is 0 Å². The minimum absolute atomic E-state index is 0.0337. The minimum Gasteiger partial charge on any atom is -0.444 e. The normalized spacial score (nSPS) is 11.0. The minimum atomic E-state index is -0.495. The second kappa shape index (κ2) is 8.91. The van der Waals surface area contributed by atoms with Gasteiger partial charge in [-0.05, 0) is 74.2 Å². The van der Waals surface area contributed by atoms with Crippen molar-refractivity contribution < 1.29 is 14.3 Å². The molecule has 5 nitrogen and oxygen atoms in total. The summed E-state index contributed by atoms with van der Waals surface area (Å²) in [5.74, 6) is -0.0337. The summed E-state index contributed by atoms with van der Waals surface area (Å²) in [6.07, 6.45) is 1.41. The third-order valence-electron chi connectivity index (χ3n) is 2.89. The second-order valence-electron chi connectivity index (χ2n) is 6.42. The van der Waals surface area contributed by atoms with E-state index in [0.29, 0.717) is 19.4 Å². The van der Waals surface area contributed by atoms with Crippen LogP contribution in [0.1, 0.15) is 45.6 Å². The fraction of sp³-hybridized carbons (Fsp3) is 0.529. The van der Waals surface area contributed by atoms with Gasteiger partial charge in [0.05, 0.1) is 5.69 Å². The van der Waals surface area contributed by atoms with Crippen molar-refractivity contribution in [3.8, 4) is 0 Å². The molecule has 6 heteroatoms. The lowest BCUT2D eigenvalue weighted by Crippen LogP contribution is -2.33. The number of carbonyl (C=O) groups excluding carboxylic acids is 2. The van der Waals surface area contributed by atoms with Crippen LogP contribution < -0.4 is 10.6 Å². The van der Waals surface area contributed by atoms with Crippen LogP contribution in [0.15, 0.2) is 22.7 Å². The molecule has 0 saturated carbocycles. The van der Waals surface area contributed by atoms with E-state index in [1.807, 2.05) is 45.9 Å². The lowest BCUT2D eigenvalue weighted by molar-refractivity contribution is -0.116. The Kier molecular flexibility index (Phi) is 7.55. The maximum atomic E-state index is 11.9. The SMILES string of the molecule is Cc1ccc(Br)c(NC(=O)CCCCNC(=O)OC(C)(C)C)c1. The van der Waals surface area contributed by atoms with Crippen molar-refractivity contribution in [3.05, 3.63) is 28.2 Å². The van der Waals surface area contributed by atoms with Crippen LogP contribution >= 0.6 is 15.9 Å². The van der Waals surface area contributed by atoms with E-state index in [4.69, 9.17) is 4.74 Å². The third kappa shape index (κ3) is 8.59. The molecule has 1 aromatic carbocycles. The zero-order valence-electron chi connectivity index (χ0n) is 14.2. The summed E-state index contributed by atoms with van der Waals surface area (Å²) in [6.45, 7) is 7.93. The van der Waals surface area contributed by atoms with E-state index in [-0.39, 0.29) is 5.91 Å². The number of alkyl carbamates (subject to hydrolysis) is 1. The monoisotopic (exact) mass is 384 g/mol. The van der Waals surface area contributed by atoms with Crippen LogP contribution in [0, 0.1) is 6.92 Å². The fourth-order valence-electron chi connectivity index (χ4n) is 1.86. The highest BCUT2D eigenvalue weighted by molar-refractivity contribution is 9.10.